The Hall–Kier alpha value is -2.41. The molecule has 1 aliphatic heterocycles. The highest BCUT2D eigenvalue weighted by Crippen LogP contribution is 2.78. The summed E-state index contributed by atoms with van der Waals surface area (Å²) in [6, 6.07) is 0. The van der Waals surface area contributed by atoms with Gasteiger partial charge in [-0.1, -0.05) is 38.2 Å². The zero-order valence-electron chi connectivity index (χ0n) is 19.6. The molecule has 0 aromatic rings. The Morgan fingerprint density at radius 3 is 2.55 bits per heavy atom. The summed E-state index contributed by atoms with van der Waals surface area (Å²) in [6.45, 7) is 6.24. The van der Waals surface area contributed by atoms with Crippen LogP contribution in [0.3, 0.4) is 0 Å². The van der Waals surface area contributed by atoms with Crippen molar-refractivity contribution in [3.8, 4) is 0 Å². The van der Waals surface area contributed by atoms with Gasteiger partial charge in [-0.15, -0.1) is 0 Å². The van der Waals surface area contributed by atoms with E-state index >= 15 is 0 Å². The summed E-state index contributed by atoms with van der Waals surface area (Å²) in [6.07, 6.45) is 10.0. The van der Waals surface area contributed by atoms with Crippen molar-refractivity contribution < 1.29 is 34.1 Å². The second-order valence-corrected chi connectivity index (χ2v) is 11.1. The van der Waals surface area contributed by atoms with Gasteiger partial charge in [-0.3, -0.25) is 14.4 Å². The van der Waals surface area contributed by atoms with E-state index in [1.54, 1.807) is 0 Å². The molecular formula is C26H32O7. The number of carbonyl (C=O) groups is 3. The number of aliphatic carboxylic acids is 2. The van der Waals surface area contributed by atoms with Gasteiger partial charge in [-0.2, -0.15) is 0 Å². The number of rotatable bonds is 5. The molecule has 7 nitrogen and oxygen atoms in total. The summed E-state index contributed by atoms with van der Waals surface area (Å²) < 4.78 is 11.8. The minimum absolute atomic E-state index is 0.0142. The fourth-order valence-electron chi connectivity index (χ4n) is 8.50. The monoisotopic (exact) mass is 456 g/mol. The van der Waals surface area contributed by atoms with Crippen LogP contribution < -0.4 is 0 Å². The first kappa shape index (κ1) is 22.4. The third-order valence-corrected chi connectivity index (χ3v) is 10.0. The van der Waals surface area contributed by atoms with E-state index < -0.39 is 34.3 Å². The molecule has 1 spiro atoms. The molecule has 0 amide bonds. The van der Waals surface area contributed by atoms with Crippen LogP contribution in [0.25, 0.3) is 0 Å². The number of methoxy groups -OCH3 is 1. The Morgan fingerprint density at radius 2 is 1.91 bits per heavy atom. The molecule has 7 heteroatoms. The van der Waals surface area contributed by atoms with E-state index in [9.17, 15) is 24.6 Å². The van der Waals surface area contributed by atoms with Crippen LogP contribution in [0.15, 0.2) is 35.5 Å². The van der Waals surface area contributed by atoms with Crippen molar-refractivity contribution in [2.75, 3.05) is 7.11 Å². The van der Waals surface area contributed by atoms with Crippen LogP contribution in [0.5, 0.6) is 0 Å². The Labute approximate surface area is 193 Å². The Morgan fingerprint density at radius 1 is 1.18 bits per heavy atom. The van der Waals surface area contributed by atoms with Crippen molar-refractivity contribution in [3.05, 3.63) is 35.5 Å². The molecule has 4 aliphatic carbocycles. The molecule has 0 aromatic heterocycles. The molecule has 2 saturated carbocycles. The highest BCUT2D eigenvalue weighted by Gasteiger charge is 2.82. The molecule has 2 N–H and O–H groups in total. The predicted octanol–water partition coefficient (Wildman–Crippen LogP) is 3.75. The number of allylic oxidation sites excluding steroid dienone is 3. The SMILES string of the molecule is COC(=O)[C@@]1(CC(=O)O)C(C)C[C@H]2[C@@H]3CC=C4C=C(CC(=O)O)C=C[C@]4(C)[C@@]34O[C@H]4C[C@@]21C. The molecule has 3 fully saturated rings. The van der Waals surface area contributed by atoms with E-state index in [0.29, 0.717) is 6.42 Å². The van der Waals surface area contributed by atoms with E-state index in [4.69, 9.17) is 9.47 Å². The van der Waals surface area contributed by atoms with E-state index in [2.05, 4.69) is 26.0 Å². The number of carbonyl (C=O) groups excluding carboxylic acids is 1. The van der Waals surface area contributed by atoms with Crippen LogP contribution >= 0.6 is 0 Å². The van der Waals surface area contributed by atoms with Gasteiger partial charge in [0.1, 0.15) is 5.60 Å². The van der Waals surface area contributed by atoms with Crippen molar-refractivity contribution in [1.82, 2.24) is 0 Å². The standard InChI is InChI=1S/C26H32O7/c1-14-9-18-17-6-5-16-10-15(11-20(27)28)7-8-23(16,2)26(17)19(33-26)12-24(18,3)25(14,13-21(29)30)22(31)32-4/h5,7-8,10,14,17-19H,6,9,11-13H2,1-4H3,(H,27,28)(H,29,30)/t14?,17-,18-,19-,23-,24-,25+,26+/m0/s1. The minimum atomic E-state index is -1.09. The highest BCUT2D eigenvalue weighted by atomic mass is 16.6. The molecule has 1 unspecified atom stereocenters. The Bertz CT molecular complexity index is 1040. The molecule has 1 heterocycles. The van der Waals surface area contributed by atoms with Gasteiger partial charge in [-0.05, 0) is 60.5 Å². The summed E-state index contributed by atoms with van der Waals surface area (Å²) in [5.74, 6) is -2.10. The van der Waals surface area contributed by atoms with Crippen LogP contribution in [-0.2, 0) is 23.9 Å². The van der Waals surface area contributed by atoms with Crippen LogP contribution in [0.1, 0.15) is 52.9 Å². The van der Waals surface area contributed by atoms with Gasteiger partial charge >= 0.3 is 17.9 Å². The third-order valence-electron chi connectivity index (χ3n) is 10.0. The van der Waals surface area contributed by atoms with Crippen molar-refractivity contribution in [2.45, 2.75) is 64.6 Å². The number of carboxylic acids is 2. The molecule has 0 aromatic carbocycles. The first-order valence-corrected chi connectivity index (χ1v) is 11.8. The summed E-state index contributed by atoms with van der Waals surface area (Å²) in [7, 11) is 1.35. The first-order chi connectivity index (χ1) is 15.5. The van der Waals surface area contributed by atoms with Crippen LogP contribution in [0.4, 0.5) is 0 Å². The molecule has 5 rings (SSSR count). The molecule has 33 heavy (non-hydrogen) atoms. The average molecular weight is 457 g/mol. The number of carboxylic acid groups (broad SMARTS) is 2. The number of hydrogen-bond donors (Lipinski definition) is 2. The minimum Gasteiger partial charge on any atom is -0.481 e. The van der Waals surface area contributed by atoms with Gasteiger partial charge in [0.15, 0.2) is 0 Å². The number of fused-ring (bicyclic) bond motifs is 3. The van der Waals surface area contributed by atoms with Gasteiger partial charge in [0.05, 0.1) is 31.5 Å². The van der Waals surface area contributed by atoms with Gasteiger partial charge < -0.3 is 19.7 Å². The van der Waals surface area contributed by atoms with Crippen LogP contribution in [0, 0.1) is 34.0 Å². The van der Waals surface area contributed by atoms with Gasteiger partial charge in [0, 0.05) is 5.41 Å². The highest BCUT2D eigenvalue weighted by molar-refractivity contribution is 5.85. The smallest absolute Gasteiger partial charge is 0.313 e. The molecule has 0 radical (unpaired) electrons. The molecule has 8 atom stereocenters. The van der Waals surface area contributed by atoms with Crippen molar-refractivity contribution in [1.29, 1.82) is 0 Å². The van der Waals surface area contributed by atoms with E-state index in [1.807, 2.05) is 19.1 Å². The van der Waals surface area contributed by atoms with Crippen molar-refractivity contribution >= 4 is 17.9 Å². The second-order valence-electron chi connectivity index (χ2n) is 11.1. The average Bonchev–Trinajstić information content (AvgIpc) is 3.41. The summed E-state index contributed by atoms with van der Waals surface area (Å²) >= 11 is 0. The van der Waals surface area contributed by atoms with Gasteiger partial charge in [0.25, 0.3) is 0 Å². The maximum absolute atomic E-state index is 13.2. The largest absolute Gasteiger partial charge is 0.481 e. The molecule has 5 aliphatic rings. The predicted molar refractivity (Wildman–Crippen MR) is 118 cm³/mol. The normalized spacial score (nSPS) is 46.7. The number of epoxide rings is 1. The summed E-state index contributed by atoms with van der Waals surface area (Å²) in [5.41, 5.74) is -0.538. The van der Waals surface area contributed by atoms with Gasteiger partial charge in [0.2, 0.25) is 0 Å². The lowest BCUT2D eigenvalue weighted by Gasteiger charge is -2.55. The lowest BCUT2D eigenvalue weighted by atomic mass is 9.46. The molecule has 0 bridgehead atoms. The van der Waals surface area contributed by atoms with E-state index in [1.165, 1.54) is 7.11 Å². The Balaban J connectivity index is 1.58. The first-order valence-electron chi connectivity index (χ1n) is 11.8. The van der Waals surface area contributed by atoms with Crippen LogP contribution in [0.2, 0.25) is 0 Å². The van der Waals surface area contributed by atoms with Crippen LogP contribution in [-0.4, -0.2) is 46.9 Å². The molecule has 178 valence electrons. The van der Waals surface area contributed by atoms with E-state index in [-0.39, 0.29) is 42.1 Å². The quantitative estimate of drug-likeness (QED) is 0.478. The second kappa shape index (κ2) is 6.81. The summed E-state index contributed by atoms with van der Waals surface area (Å²) in [5, 5.41) is 19.0. The summed E-state index contributed by atoms with van der Waals surface area (Å²) in [4.78, 5) is 36.4. The maximum Gasteiger partial charge on any atom is 0.313 e. The zero-order valence-corrected chi connectivity index (χ0v) is 19.6. The number of hydrogen-bond acceptors (Lipinski definition) is 5. The molecular weight excluding hydrogens is 424 g/mol. The van der Waals surface area contributed by atoms with E-state index in [0.717, 1.165) is 24.0 Å². The number of ether oxygens (including phenoxy) is 2. The number of esters is 1. The zero-order chi connectivity index (χ0) is 24.0. The maximum atomic E-state index is 13.2. The van der Waals surface area contributed by atoms with Crippen molar-refractivity contribution in [3.63, 3.8) is 0 Å². The lowest BCUT2D eigenvalue weighted by molar-refractivity contribution is -0.174. The Kier molecular flexibility index (Phi) is 4.62. The topological polar surface area (TPSA) is 113 Å². The molecule has 1 saturated heterocycles. The van der Waals surface area contributed by atoms with Gasteiger partial charge in [-0.25, -0.2) is 0 Å². The fraction of sp³-hybridized carbons (Fsp3) is 0.654. The fourth-order valence-corrected chi connectivity index (χ4v) is 8.50. The van der Waals surface area contributed by atoms with Crippen molar-refractivity contribution in [2.24, 2.45) is 34.0 Å². The third kappa shape index (κ3) is 2.57. The lowest BCUT2D eigenvalue weighted by Crippen LogP contribution is -2.59.